The summed E-state index contributed by atoms with van der Waals surface area (Å²) in [5.41, 5.74) is 0. The zero-order valence-electron chi connectivity index (χ0n) is 5.94. The first-order valence-electron chi connectivity index (χ1n) is 3.57. The van der Waals surface area contributed by atoms with Gasteiger partial charge in [-0.3, -0.25) is 4.39 Å². The highest BCUT2D eigenvalue weighted by atomic mass is 19.1. The molecule has 1 fully saturated rings. The van der Waals surface area contributed by atoms with Crippen LogP contribution in [0.5, 0.6) is 0 Å². The van der Waals surface area contributed by atoms with Gasteiger partial charge in [-0.2, -0.15) is 0 Å². The normalized spacial score (nSPS) is 30.7. The van der Waals surface area contributed by atoms with Crippen molar-refractivity contribution in [2.45, 2.75) is 12.8 Å². The Hall–Kier alpha value is -0.110. The number of rotatable bonds is 1. The van der Waals surface area contributed by atoms with E-state index in [0.717, 1.165) is 19.5 Å². The SMILES string of the molecule is CN1CCCC(CF)C1. The van der Waals surface area contributed by atoms with Crippen LogP contribution in [0.15, 0.2) is 0 Å². The molecule has 0 aromatic carbocycles. The lowest BCUT2D eigenvalue weighted by Gasteiger charge is -2.27. The molecule has 9 heavy (non-hydrogen) atoms. The average molecular weight is 131 g/mol. The third-order valence-electron chi connectivity index (χ3n) is 1.94. The van der Waals surface area contributed by atoms with Crippen LogP contribution < -0.4 is 0 Å². The number of hydrogen-bond donors (Lipinski definition) is 0. The monoisotopic (exact) mass is 131 g/mol. The summed E-state index contributed by atoms with van der Waals surface area (Å²) < 4.78 is 12.0. The minimum atomic E-state index is -0.135. The van der Waals surface area contributed by atoms with Crippen LogP contribution in [0.25, 0.3) is 0 Å². The van der Waals surface area contributed by atoms with Crippen LogP contribution in [0.1, 0.15) is 12.8 Å². The Labute approximate surface area is 55.8 Å². The van der Waals surface area contributed by atoms with Crippen molar-refractivity contribution in [2.24, 2.45) is 5.92 Å². The number of halogens is 1. The van der Waals surface area contributed by atoms with Gasteiger partial charge in [0.15, 0.2) is 0 Å². The highest BCUT2D eigenvalue weighted by Gasteiger charge is 2.15. The van der Waals surface area contributed by atoms with Crippen LogP contribution in [-0.2, 0) is 0 Å². The van der Waals surface area contributed by atoms with Crippen molar-refractivity contribution in [2.75, 3.05) is 26.8 Å². The van der Waals surface area contributed by atoms with Gasteiger partial charge in [0.1, 0.15) is 0 Å². The molecule has 2 heteroatoms. The fourth-order valence-corrected chi connectivity index (χ4v) is 1.40. The van der Waals surface area contributed by atoms with Crippen molar-refractivity contribution in [3.05, 3.63) is 0 Å². The maximum atomic E-state index is 12.0. The first-order chi connectivity index (χ1) is 4.33. The second-order valence-electron chi connectivity index (χ2n) is 2.92. The van der Waals surface area contributed by atoms with Crippen LogP contribution in [0, 0.1) is 5.92 Å². The third-order valence-corrected chi connectivity index (χ3v) is 1.94. The van der Waals surface area contributed by atoms with Gasteiger partial charge in [0.2, 0.25) is 0 Å². The number of piperidine rings is 1. The second kappa shape index (κ2) is 3.16. The Morgan fingerprint density at radius 2 is 2.44 bits per heavy atom. The summed E-state index contributed by atoms with van der Waals surface area (Å²) in [6, 6.07) is 0. The van der Waals surface area contributed by atoms with E-state index in [2.05, 4.69) is 11.9 Å². The molecule has 0 saturated carbocycles. The molecule has 1 unspecified atom stereocenters. The van der Waals surface area contributed by atoms with Crippen LogP contribution in [0.3, 0.4) is 0 Å². The first-order valence-corrected chi connectivity index (χ1v) is 3.57. The Morgan fingerprint density at radius 1 is 1.67 bits per heavy atom. The standard InChI is InChI=1S/C7H14FN/c1-9-4-2-3-7(5-8)6-9/h7H,2-6H2,1H3. The van der Waals surface area contributed by atoms with Crippen LogP contribution in [0.2, 0.25) is 0 Å². The largest absolute Gasteiger partial charge is 0.306 e. The van der Waals surface area contributed by atoms with E-state index in [1.165, 1.54) is 6.42 Å². The highest BCUT2D eigenvalue weighted by Crippen LogP contribution is 2.14. The molecule has 0 aromatic heterocycles. The molecule has 1 aliphatic rings. The number of alkyl halides is 1. The number of hydrogen-bond acceptors (Lipinski definition) is 1. The summed E-state index contributed by atoms with van der Waals surface area (Å²) in [7, 11) is 2.06. The molecule has 0 amide bonds. The van der Waals surface area contributed by atoms with E-state index in [1.807, 2.05) is 0 Å². The van der Waals surface area contributed by atoms with Gasteiger partial charge in [-0.15, -0.1) is 0 Å². The van der Waals surface area contributed by atoms with Gasteiger partial charge < -0.3 is 4.90 Å². The number of nitrogens with zero attached hydrogens (tertiary/aromatic N) is 1. The molecule has 1 nitrogen and oxygen atoms in total. The average Bonchev–Trinajstić information content (AvgIpc) is 1.88. The molecule has 0 radical (unpaired) electrons. The van der Waals surface area contributed by atoms with Gasteiger partial charge in [0.05, 0.1) is 6.67 Å². The molecule has 0 aromatic rings. The summed E-state index contributed by atoms with van der Waals surface area (Å²) in [4.78, 5) is 2.20. The lowest BCUT2D eigenvalue weighted by atomic mass is 10.0. The third kappa shape index (κ3) is 1.94. The zero-order chi connectivity index (χ0) is 6.69. The summed E-state index contributed by atoms with van der Waals surface area (Å²) >= 11 is 0. The Bertz CT molecular complexity index is 85.0. The highest BCUT2D eigenvalue weighted by molar-refractivity contribution is 4.68. The van der Waals surface area contributed by atoms with E-state index < -0.39 is 0 Å². The van der Waals surface area contributed by atoms with E-state index in [-0.39, 0.29) is 6.67 Å². The molecule has 0 spiro atoms. The van der Waals surface area contributed by atoms with Crippen LogP contribution >= 0.6 is 0 Å². The Morgan fingerprint density at radius 3 is 2.89 bits per heavy atom. The Balaban J connectivity index is 2.23. The zero-order valence-corrected chi connectivity index (χ0v) is 5.94. The van der Waals surface area contributed by atoms with Gasteiger partial charge >= 0.3 is 0 Å². The molecule has 1 heterocycles. The van der Waals surface area contributed by atoms with E-state index in [9.17, 15) is 4.39 Å². The molecule has 0 aliphatic carbocycles. The van der Waals surface area contributed by atoms with Crippen LogP contribution in [-0.4, -0.2) is 31.7 Å². The molecule has 1 saturated heterocycles. The van der Waals surface area contributed by atoms with Crippen molar-refractivity contribution >= 4 is 0 Å². The topological polar surface area (TPSA) is 3.24 Å². The smallest absolute Gasteiger partial charge is 0.0934 e. The number of likely N-dealkylation sites (tertiary alicyclic amines) is 1. The maximum Gasteiger partial charge on any atom is 0.0934 e. The lowest BCUT2D eigenvalue weighted by molar-refractivity contribution is 0.182. The quantitative estimate of drug-likeness (QED) is 0.518. The minimum absolute atomic E-state index is 0.135. The molecule has 0 N–H and O–H groups in total. The predicted octanol–water partition coefficient (Wildman–Crippen LogP) is 1.30. The van der Waals surface area contributed by atoms with Gasteiger partial charge in [0.25, 0.3) is 0 Å². The van der Waals surface area contributed by atoms with Gasteiger partial charge in [-0.05, 0) is 26.4 Å². The van der Waals surface area contributed by atoms with Crippen molar-refractivity contribution in [3.8, 4) is 0 Å². The molecule has 0 bridgehead atoms. The Kier molecular flexibility index (Phi) is 2.46. The predicted molar refractivity (Wildman–Crippen MR) is 36.2 cm³/mol. The first kappa shape index (κ1) is 7.00. The molecular weight excluding hydrogens is 117 g/mol. The molecule has 1 rings (SSSR count). The fraction of sp³-hybridized carbons (Fsp3) is 1.00. The second-order valence-corrected chi connectivity index (χ2v) is 2.92. The van der Waals surface area contributed by atoms with Gasteiger partial charge in [-0.25, -0.2) is 0 Å². The maximum absolute atomic E-state index is 12.0. The van der Waals surface area contributed by atoms with E-state index in [1.54, 1.807) is 0 Å². The van der Waals surface area contributed by atoms with Crippen molar-refractivity contribution in [1.82, 2.24) is 4.90 Å². The lowest BCUT2D eigenvalue weighted by Crippen LogP contribution is -2.32. The molecule has 1 atom stereocenters. The summed E-state index contributed by atoms with van der Waals surface area (Å²) in [5, 5.41) is 0. The summed E-state index contributed by atoms with van der Waals surface area (Å²) in [6.07, 6.45) is 2.26. The van der Waals surface area contributed by atoms with Crippen molar-refractivity contribution < 1.29 is 4.39 Å². The molecular formula is C7H14FN. The minimum Gasteiger partial charge on any atom is -0.306 e. The van der Waals surface area contributed by atoms with Crippen molar-refractivity contribution in [1.29, 1.82) is 0 Å². The van der Waals surface area contributed by atoms with Crippen molar-refractivity contribution in [3.63, 3.8) is 0 Å². The van der Waals surface area contributed by atoms with Gasteiger partial charge in [-0.1, -0.05) is 0 Å². The molecule has 54 valence electrons. The summed E-state index contributed by atoms with van der Waals surface area (Å²) in [6.45, 7) is 1.97. The molecule has 1 aliphatic heterocycles. The van der Waals surface area contributed by atoms with Gasteiger partial charge in [0, 0.05) is 12.5 Å². The van der Waals surface area contributed by atoms with E-state index in [0.29, 0.717) is 5.92 Å². The van der Waals surface area contributed by atoms with Crippen LogP contribution in [0.4, 0.5) is 4.39 Å². The van der Waals surface area contributed by atoms with E-state index in [4.69, 9.17) is 0 Å². The van der Waals surface area contributed by atoms with E-state index >= 15 is 0 Å². The fourth-order valence-electron chi connectivity index (χ4n) is 1.40. The summed E-state index contributed by atoms with van der Waals surface area (Å²) in [5.74, 6) is 0.323.